The highest BCUT2D eigenvalue weighted by Crippen LogP contribution is 2.44. The summed E-state index contributed by atoms with van der Waals surface area (Å²) in [6.07, 6.45) is 21.8. The Morgan fingerprint density at radius 3 is 1.33 bits per heavy atom. The third-order valence-electron chi connectivity index (χ3n) is 8.33. The van der Waals surface area contributed by atoms with Gasteiger partial charge in [-0.15, -0.1) is 0 Å². The summed E-state index contributed by atoms with van der Waals surface area (Å²) in [7, 11) is 0. The van der Waals surface area contributed by atoms with Crippen molar-refractivity contribution in [1.29, 1.82) is 0 Å². The lowest BCUT2D eigenvalue weighted by Gasteiger charge is -2.54. The van der Waals surface area contributed by atoms with Crippen LogP contribution in [-0.4, -0.2) is 61.8 Å². The maximum Gasteiger partial charge on any atom is 0.219 e. The first-order valence-electron chi connectivity index (χ1n) is 15.4. The smallest absolute Gasteiger partial charge is 0.219 e. The lowest BCUT2D eigenvalue weighted by Crippen LogP contribution is -2.75. The molecule has 0 aromatic rings. The van der Waals surface area contributed by atoms with Gasteiger partial charge in [0.1, 0.15) is 17.3 Å². The van der Waals surface area contributed by atoms with Crippen molar-refractivity contribution in [2.45, 2.75) is 178 Å². The Kier molecular flexibility index (Phi) is 17.8. The summed E-state index contributed by atoms with van der Waals surface area (Å²) in [5.41, 5.74) is -3.56. The zero-order chi connectivity index (χ0) is 26.8. The van der Waals surface area contributed by atoms with Crippen molar-refractivity contribution >= 4 is 0 Å². The van der Waals surface area contributed by atoms with Crippen LogP contribution in [0.1, 0.15) is 155 Å². The zero-order valence-corrected chi connectivity index (χ0v) is 23.7. The molecule has 1 fully saturated rings. The first kappa shape index (κ1) is 33.8. The largest absolute Gasteiger partial charge is 0.391 e. The van der Waals surface area contributed by atoms with E-state index in [9.17, 15) is 25.5 Å². The Hall–Kier alpha value is -0.240. The quantitative estimate of drug-likeness (QED) is 0.104. The zero-order valence-electron chi connectivity index (χ0n) is 23.7. The lowest BCUT2D eigenvalue weighted by molar-refractivity contribution is -0.384. The maximum absolute atomic E-state index is 11.5. The van der Waals surface area contributed by atoms with E-state index in [0.717, 1.165) is 38.5 Å². The third kappa shape index (κ3) is 11.2. The standard InChI is InChI=1S/C30H60O6/c1-3-5-7-9-11-13-15-17-19-21-23-28(33)26-36-30(35,25-31)27(32)29(28,34)24-22-20-18-16-14-12-10-8-6-4-2/h27,31-35H,3-26H2,1-2H3/t27-,28+,29-,30-/m0/s1. The minimum Gasteiger partial charge on any atom is -0.391 e. The van der Waals surface area contributed by atoms with E-state index in [4.69, 9.17) is 4.74 Å². The minimum atomic E-state index is -2.25. The van der Waals surface area contributed by atoms with Gasteiger partial charge in [-0.2, -0.15) is 0 Å². The number of unbranched alkanes of at least 4 members (excludes halogenated alkanes) is 18. The van der Waals surface area contributed by atoms with Gasteiger partial charge in [0.15, 0.2) is 0 Å². The summed E-state index contributed by atoms with van der Waals surface area (Å²) >= 11 is 0. The van der Waals surface area contributed by atoms with Crippen LogP contribution in [0, 0.1) is 0 Å². The van der Waals surface area contributed by atoms with E-state index in [-0.39, 0.29) is 13.0 Å². The van der Waals surface area contributed by atoms with Crippen LogP contribution in [0.2, 0.25) is 0 Å². The highest BCUT2D eigenvalue weighted by atomic mass is 16.7. The number of ether oxygens (including phenoxy) is 1. The van der Waals surface area contributed by atoms with Crippen molar-refractivity contribution in [3.63, 3.8) is 0 Å². The molecule has 0 saturated carbocycles. The van der Waals surface area contributed by atoms with Crippen LogP contribution in [-0.2, 0) is 4.74 Å². The summed E-state index contributed by atoms with van der Waals surface area (Å²) in [6.45, 7) is 3.33. The monoisotopic (exact) mass is 516 g/mol. The van der Waals surface area contributed by atoms with Gasteiger partial charge in [-0.3, -0.25) is 0 Å². The van der Waals surface area contributed by atoms with Gasteiger partial charge in [-0.1, -0.05) is 142 Å². The Labute approximate surface area is 221 Å². The number of aliphatic hydroxyl groups excluding tert-OH is 2. The number of hydrogen-bond donors (Lipinski definition) is 5. The van der Waals surface area contributed by atoms with E-state index in [0.29, 0.717) is 12.8 Å². The number of rotatable bonds is 23. The van der Waals surface area contributed by atoms with Crippen LogP contribution >= 0.6 is 0 Å². The molecule has 4 atom stereocenters. The number of aliphatic hydroxyl groups is 5. The first-order valence-corrected chi connectivity index (χ1v) is 15.4. The van der Waals surface area contributed by atoms with Gasteiger partial charge in [0.05, 0.1) is 13.2 Å². The highest BCUT2D eigenvalue weighted by molar-refractivity contribution is 5.11. The molecule has 0 amide bonds. The van der Waals surface area contributed by atoms with Crippen molar-refractivity contribution in [1.82, 2.24) is 0 Å². The van der Waals surface area contributed by atoms with E-state index in [1.807, 2.05) is 0 Å². The molecule has 5 N–H and O–H groups in total. The van der Waals surface area contributed by atoms with Crippen LogP contribution in [0.5, 0.6) is 0 Å². The van der Waals surface area contributed by atoms with Gasteiger partial charge in [0.2, 0.25) is 5.79 Å². The van der Waals surface area contributed by atoms with Crippen LogP contribution in [0.15, 0.2) is 0 Å². The second kappa shape index (κ2) is 18.9. The van der Waals surface area contributed by atoms with Gasteiger partial charge in [0.25, 0.3) is 0 Å². The van der Waals surface area contributed by atoms with Crippen molar-refractivity contribution in [2.75, 3.05) is 13.2 Å². The molecule has 0 radical (unpaired) electrons. The average molecular weight is 517 g/mol. The average Bonchev–Trinajstić information content (AvgIpc) is 2.88. The van der Waals surface area contributed by atoms with Gasteiger partial charge in [-0.05, 0) is 12.8 Å². The SMILES string of the molecule is CCCCCCCCCCCC[C@@]1(O)CO[C@@](O)(CO)[C@@H](O)[C@@]1(O)CCCCCCCCCCCC. The van der Waals surface area contributed by atoms with Gasteiger partial charge < -0.3 is 30.3 Å². The van der Waals surface area contributed by atoms with Crippen molar-refractivity contribution in [2.24, 2.45) is 0 Å². The Morgan fingerprint density at radius 2 is 0.944 bits per heavy atom. The molecule has 0 aromatic carbocycles. The van der Waals surface area contributed by atoms with Gasteiger partial charge in [0, 0.05) is 0 Å². The molecule has 1 aliphatic heterocycles. The number of hydrogen-bond acceptors (Lipinski definition) is 6. The minimum absolute atomic E-state index is 0.171. The third-order valence-corrected chi connectivity index (χ3v) is 8.33. The highest BCUT2D eigenvalue weighted by Gasteiger charge is 2.64. The molecule has 216 valence electrons. The van der Waals surface area contributed by atoms with Crippen molar-refractivity contribution in [3.05, 3.63) is 0 Å². The van der Waals surface area contributed by atoms with Crippen LogP contribution in [0.4, 0.5) is 0 Å². The second-order valence-electron chi connectivity index (χ2n) is 11.5. The van der Waals surface area contributed by atoms with Gasteiger partial charge >= 0.3 is 0 Å². The topological polar surface area (TPSA) is 110 Å². The normalized spacial score (nSPS) is 28.6. The molecular formula is C30H60O6. The molecule has 1 saturated heterocycles. The predicted molar refractivity (Wildman–Crippen MR) is 147 cm³/mol. The molecule has 0 aliphatic carbocycles. The van der Waals surface area contributed by atoms with Crippen molar-refractivity contribution < 1.29 is 30.3 Å². The fraction of sp³-hybridized carbons (Fsp3) is 1.00. The molecule has 36 heavy (non-hydrogen) atoms. The molecule has 6 heteroatoms. The molecule has 0 aromatic heterocycles. The molecule has 1 aliphatic rings. The maximum atomic E-state index is 11.5. The Morgan fingerprint density at radius 1 is 0.583 bits per heavy atom. The van der Waals surface area contributed by atoms with E-state index < -0.39 is 29.7 Å². The second-order valence-corrected chi connectivity index (χ2v) is 11.5. The molecule has 1 heterocycles. The van der Waals surface area contributed by atoms with Crippen LogP contribution in [0.25, 0.3) is 0 Å². The summed E-state index contributed by atoms with van der Waals surface area (Å²) in [4.78, 5) is 0. The lowest BCUT2D eigenvalue weighted by atomic mass is 9.69. The van der Waals surface area contributed by atoms with E-state index in [2.05, 4.69) is 13.8 Å². The van der Waals surface area contributed by atoms with Gasteiger partial charge in [-0.25, -0.2) is 0 Å². The summed E-state index contributed by atoms with van der Waals surface area (Å²) in [6, 6.07) is 0. The predicted octanol–water partition coefficient (Wildman–Crippen LogP) is 6.14. The molecule has 0 bridgehead atoms. The molecule has 0 unspecified atom stereocenters. The summed E-state index contributed by atoms with van der Waals surface area (Å²) in [5.74, 6) is -2.25. The fourth-order valence-electron chi connectivity index (χ4n) is 5.65. The molecule has 0 spiro atoms. The molecule has 1 rings (SSSR count). The molecule has 6 nitrogen and oxygen atoms in total. The van der Waals surface area contributed by atoms with Crippen LogP contribution in [0.3, 0.4) is 0 Å². The fourth-order valence-corrected chi connectivity index (χ4v) is 5.65. The van der Waals surface area contributed by atoms with E-state index >= 15 is 0 Å². The van der Waals surface area contributed by atoms with E-state index in [1.54, 1.807) is 0 Å². The Bertz CT molecular complexity index is 532. The summed E-state index contributed by atoms with van der Waals surface area (Å²) < 4.78 is 5.33. The van der Waals surface area contributed by atoms with Crippen molar-refractivity contribution in [3.8, 4) is 0 Å². The van der Waals surface area contributed by atoms with E-state index in [1.165, 1.54) is 83.5 Å². The summed E-state index contributed by atoms with van der Waals surface area (Å²) in [5, 5.41) is 53.9. The van der Waals surface area contributed by atoms with Crippen LogP contribution < -0.4 is 0 Å². The Balaban J connectivity index is 2.46. The molecular weight excluding hydrogens is 456 g/mol. The first-order chi connectivity index (χ1) is 17.3.